The lowest BCUT2D eigenvalue weighted by Gasteiger charge is -2.04. The molecule has 0 spiro atoms. The van der Waals surface area contributed by atoms with Gasteiger partial charge < -0.3 is 9.94 Å². The van der Waals surface area contributed by atoms with Gasteiger partial charge in [-0.1, -0.05) is 35.2 Å². The molecule has 0 atom stereocenters. The average molecular weight is 294 g/mol. The first kappa shape index (κ1) is 13.9. The molecule has 110 valence electrons. The zero-order valence-corrected chi connectivity index (χ0v) is 12.0. The van der Waals surface area contributed by atoms with Gasteiger partial charge in [0.15, 0.2) is 0 Å². The van der Waals surface area contributed by atoms with Crippen molar-refractivity contribution in [1.29, 1.82) is 0 Å². The van der Waals surface area contributed by atoms with Crippen LogP contribution in [-0.4, -0.2) is 17.8 Å². The van der Waals surface area contributed by atoms with E-state index in [2.05, 4.69) is 4.74 Å². The second-order valence-corrected chi connectivity index (χ2v) is 4.68. The van der Waals surface area contributed by atoms with E-state index >= 15 is 0 Å². The molecule has 0 amide bonds. The maximum Gasteiger partial charge on any atom is 0.330 e. The van der Waals surface area contributed by atoms with Gasteiger partial charge in [-0.15, -0.1) is 4.68 Å². The molecular formula is C17H14N2O3. The van der Waals surface area contributed by atoms with E-state index in [0.717, 1.165) is 21.4 Å². The van der Waals surface area contributed by atoms with E-state index in [4.69, 9.17) is 0 Å². The molecule has 0 radical (unpaired) electrons. The van der Waals surface area contributed by atoms with E-state index in [1.165, 1.54) is 19.3 Å². The summed E-state index contributed by atoms with van der Waals surface area (Å²) in [7, 11) is 1.30. The Hall–Kier alpha value is -3.08. The van der Waals surface area contributed by atoms with Crippen molar-refractivity contribution >= 4 is 22.9 Å². The van der Waals surface area contributed by atoms with Crippen LogP contribution in [0.5, 0.6) is 0 Å². The number of para-hydroxylation sites is 2. The molecule has 0 aliphatic carbocycles. The zero-order chi connectivity index (χ0) is 15.5. The fourth-order valence-electron chi connectivity index (χ4n) is 2.37. The summed E-state index contributed by atoms with van der Waals surface area (Å²) in [5.74, 6) is -0.503. The average Bonchev–Trinajstić information content (AvgIpc) is 2.85. The van der Waals surface area contributed by atoms with Gasteiger partial charge in [0.1, 0.15) is 11.2 Å². The Morgan fingerprint density at radius 3 is 2.55 bits per heavy atom. The third-order valence-corrected chi connectivity index (χ3v) is 3.38. The van der Waals surface area contributed by atoms with Crippen LogP contribution in [0.25, 0.3) is 22.7 Å². The Morgan fingerprint density at radius 2 is 1.82 bits per heavy atom. The van der Waals surface area contributed by atoms with E-state index in [1.54, 1.807) is 4.68 Å². The first-order valence-electron chi connectivity index (χ1n) is 6.77. The summed E-state index contributed by atoms with van der Waals surface area (Å²) in [6.45, 7) is 0. The van der Waals surface area contributed by atoms with Crippen molar-refractivity contribution in [2.24, 2.45) is 0 Å². The van der Waals surface area contributed by atoms with E-state index in [1.807, 2.05) is 54.6 Å². The van der Waals surface area contributed by atoms with Gasteiger partial charge in [0.25, 0.3) is 5.69 Å². The molecule has 0 saturated carbocycles. The Balaban J connectivity index is 2.24. The number of ether oxygens (including phenoxy) is 1. The maximum atomic E-state index is 12.7. The smallest absolute Gasteiger partial charge is 0.330 e. The largest absolute Gasteiger partial charge is 0.595 e. The van der Waals surface area contributed by atoms with Crippen molar-refractivity contribution in [1.82, 2.24) is 4.68 Å². The SMILES string of the molecule is COC(=O)C=Cc1c2ccccc2n(-c2ccccc2)[n+]1[O-]. The van der Waals surface area contributed by atoms with Gasteiger partial charge >= 0.3 is 5.97 Å². The molecule has 0 aliphatic rings. The van der Waals surface area contributed by atoms with Gasteiger partial charge in [0.2, 0.25) is 0 Å². The number of hydrogen-bond acceptors (Lipinski definition) is 3. The lowest BCUT2D eigenvalue weighted by molar-refractivity contribution is -0.682. The number of carbonyl (C=O) groups is 1. The molecule has 5 nitrogen and oxygen atoms in total. The third-order valence-electron chi connectivity index (χ3n) is 3.38. The number of fused-ring (bicyclic) bond motifs is 1. The lowest BCUT2D eigenvalue weighted by Crippen LogP contribution is -2.38. The van der Waals surface area contributed by atoms with Crippen LogP contribution in [0, 0.1) is 5.21 Å². The van der Waals surface area contributed by atoms with E-state index < -0.39 is 5.97 Å². The van der Waals surface area contributed by atoms with Crippen LogP contribution >= 0.6 is 0 Å². The minimum Gasteiger partial charge on any atom is -0.595 e. The van der Waals surface area contributed by atoms with Gasteiger partial charge in [0, 0.05) is 12.2 Å². The molecular weight excluding hydrogens is 280 g/mol. The second kappa shape index (κ2) is 5.73. The highest BCUT2D eigenvalue weighted by atomic mass is 16.5. The molecule has 2 aromatic carbocycles. The molecule has 0 unspecified atom stereocenters. The predicted molar refractivity (Wildman–Crippen MR) is 83.3 cm³/mol. The van der Waals surface area contributed by atoms with Crippen molar-refractivity contribution in [2.45, 2.75) is 0 Å². The fraction of sp³-hybridized carbons (Fsp3) is 0.0588. The van der Waals surface area contributed by atoms with Crippen molar-refractivity contribution in [3.63, 3.8) is 0 Å². The van der Waals surface area contributed by atoms with Crippen LogP contribution in [0.15, 0.2) is 60.7 Å². The first-order valence-corrected chi connectivity index (χ1v) is 6.77. The third kappa shape index (κ3) is 2.33. The Bertz CT molecular complexity index is 851. The van der Waals surface area contributed by atoms with Crippen LogP contribution in [0.4, 0.5) is 0 Å². The topological polar surface area (TPSA) is 58.2 Å². The summed E-state index contributed by atoms with van der Waals surface area (Å²) in [6, 6.07) is 16.8. The van der Waals surface area contributed by atoms with E-state index in [-0.39, 0.29) is 0 Å². The second-order valence-electron chi connectivity index (χ2n) is 4.68. The maximum absolute atomic E-state index is 12.7. The minimum atomic E-state index is -0.503. The van der Waals surface area contributed by atoms with Crippen molar-refractivity contribution in [3.8, 4) is 5.69 Å². The monoisotopic (exact) mass is 294 g/mol. The lowest BCUT2D eigenvalue weighted by atomic mass is 10.2. The highest BCUT2D eigenvalue weighted by Gasteiger charge is 2.20. The molecule has 1 heterocycles. The molecule has 3 rings (SSSR count). The molecule has 0 aliphatic heterocycles. The number of carbonyl (C=O) groups excluding carboxylic acids is 1. The molecule has 0 fully saturated rings. The predicted octanol–water partition coefficient (Wildman–Crippen LogP) is 2.45. The van der Waals surface area contributed by atoms with Crippen LogP contribution in [0.1, 0.15) is 5.69 Å². The summed E-state index contributed by atoms with van der Waals surface area (Å²) < 4.78 is 6.13. The fourth-order valence-corrected chi connectivity index (χ4v) is 2.37. The Morgan fingerprint density at radius 1 is 1.14 bits per heavy atom. The van der Waals surface area contributed by atoms with Gasteiger partial charge in [-0.2, -0.15) is 0 Å². The van der Waals surface area contributed by atoms with Crippen LogP contribution in [0.3, 0.4) is 0 Å². The van der Waals surface area contributed by atoms with Crippen LogP contribution in [0.2, 0.25) is 0 Å². The van der Waals surface area contributed by atoms with Gasteiger partial charge in [-0.05, 0) is 24.3 Å². The number of benzene rings is 2. The van der Waals surface area contributed by atoms with Crippen molar-refractivity contribution < 1.29 is 14.4 Å². The van der Waals surface area contributed by atoms with Gasteiger partial charge in [-0.3, -0.25) is 0 Å². The van der Waals surface area contributed by atoms with E-state index in [0.29, 0.717) is 5.69 Å². The molecule has 0 bridgehead atoms. The number of rotatable bonds is 3. The molecule has 22 heavy (non-hydrogen) atoms. The van der Waals surface area contributed by atoms with E-state index in [9.17, 15) is 10.0 Å². The highest BCUT2D eigenvalue weighted by molar-refractivity contribution is 5.92. The number of nitrogens with zero attached hydrogens (tertiary/aromatic N) is 2. The summed E-state index contributed by atoms with van der Waals surface area (Å²) in [6.07, 6.45) is 2.71. The molecule has 0 saturated heterocycles. The quantitative estimate of drug-likeness (QED) is 0.323. The number of esters is 1. The summed E-state index contributed by atoms with van der Waals surface area (Å²) in [5.41, 5.74) is 1.92. The number of hydrogen-bond donors (Lipinski definition) is 0. The molecule has 0 N–H and O–H groups in total. The molecule has 5 heteroatoms. The van der Waals surface area contributed by atoms with Gasteiger partial charge in [-0.25, -0.2) is 4.79 Å². The van der Waals surface area contributed by atoms with Crippen LogP contribution in [-0.2, 0) is 9.53 Å². The van der Waals surface area contributed by atoms with Crippen LogP contribution < -0.4 is 4.85 Å². The van der Waals surface area contributed by atoms with Crippen molar-refractivity contribution in [2.75, 3.05) is 7.11 Å². The highest BCUT2D eigenvalue weighted by Crippen LogP contribution is 2.21. The normalized spacial score (nSPS) is 11.1. The number of aromatic nitrogens is 2. The summed E-state index contributed by atoms with van der Waals surface area (Å²) >= 11 is 0. The summed E-state index contributed by atoms with van der Waals surface area (Å²) in [4.78, 5) is 12.1. The van der Waals surface area contributed by atoms with Crippen molar-refractivity contribution in [3.05, 3.63) is 71.6 Å². The molecule has 3 aromatic rings. The Labute approximate surface area is 127 Å². The zero-order valence-electron chi connectivity index (χ0n) is 12.0. The minimum absolute atomic E-state index is 0.393. The first-order chi connectivity index (χ1) is 10.7. The summed E-state index contributed by atoms with van der Waals surface area (Å²) in [5, 5.41) is 13.4. The molecule has 1 aromatic heterocycles. The Kier molecular flexibility index (Phi) is 3.62. The standard InChI is InChI=1S/C17H14N2O3/c1-22-17(20)12-11-16-14-9-5-6-10-15(14)18(19(16)21)13-7-3-2-4-8-13/h2-12H,1H3. The van der Waals surface area contributed by atoms with Gasteiger partial charge in [0.05, 0.1) is 12.5 Å². The number of methoxy groups -OCH3 is 1.